The van der Waals surface area contributed by atoms with Crippen LogP contribution in [0.2, 0.25) is 5.02 Å². The van der Waals surface area contributed by atoms with Crippen LogP contribution in [0.25, 0.3) is 0 Å². The number of ether oxygens (including phenoxy) is 1. The third-order valence-electron chi connectivity index (χ3n) is 2.50. The van der Waals surface area contributed by atoms with Gasteiger partial charge in [-0.05, 0) is 40.2 Å². The Morgan fingerprint density at radius 3 is 2.89 bits per heavy atom. The third kappa shape index (κ3) is 3.65. The first-order chi connectivity index (χ1) is 8.56. The fourth-order valence-corrected chi connectivity index (χ4v) is 3.80. The summed E-state index contributed by atoms with van der Waals surface area (Å²) in [6.07, 6.45) is 1.00. The second-order valence-electron chi connectivity index (χ2n) is 3.85. The Labute approximate surface area is 122 Å². The van der Waals surface area contributed by atoms with Crippen molar-refractivity contribution in [3.05, 3.63) is 21.6 Å². The molecule has 1 saturated heterocycles. The first-order valence-electron chi connectivity index (χ1n) is 5.34. The van der Waals surface area contributed by atoms with Gasteiger partial charge in [-0.15, -0.1) is 0 Å². The molecule has 1 N–H and O–H groups in total. The second kappa shape index (κ2) is 6.30. The van der Waals surface area contributed by atoms with Crippen molar-refractivity contribution in [3.8, 4) is 5.75 Å². The molecule has 1 atom stereocenters. The van der Waals surface area contributed by atoms with Gasteiger partial charge in [0.15, 0.2) is 5.75 Å². The summed E-state index contributed by atoms with van der Waals surface area (Å²) in [5.74, 6) is 2.13. The summed E-state index contributed by atoms with van der Waals surface area (Å²) in [7, 11) is 0. The molecule has 0 aliphatic carbocycles. The number of anilines is 1. The monoisotopic (exact) mass is 357 g/mol. The number of alkyl halides is 2. The van der Waals surface area contributed by atoms with Crippen LogP contribution in [-0.4, -0.2) is 24.2 Å². The summed E-state index contributed by atoms with van der Waals surface area (Å²) < 4.78 is 29.7. The largest absolute Gasteiger partial charge is 0.431 e. The minimum atomic E-state index is -2.86. The van der Waals surface area contributed by atoms with Gasteiger partial charge in [0.2, 0.25) is 0 Å². The summed E-state index contributed by atoms with van der Waals surface area (Å²) in [5, 5.41) is 3.67. The van der Waals surface area contributed by atoms with E-state index in [1.54, 1.807) is 6.07 Å². The number of hydrogen-bond donors (Lipinski definition) is 1. The van der Waals surface area contributed by atoms with Gasteiger partial charge in [-0.2, -0.15) is 20.5 Å². The Morgan fingerprint density at radius 2 is 2.28 bits per heavy atom. The van der Waals surface area contributed by atoms with Crippen molar-refractivity contribution in [3.63, 3.8) is 0 Å². The molecular formula is C11H11BrClF2NOS. The topological polar surface area (TPSA) is 21.3 Å². The molecule has 0 bridgehead atoms. The van der Waals surface area contributed by atoms with Gasteiger partial charge in [-0.1, -0.05) is 11.6 Å². The molecule has 1 fully saturated rings. The fourth-order valence-electron chi connectivity index (χ4n) is 1.74. The maximum Gasteiger partial charge on any atom is 0.387 e. The number of thioether (sulfide) groups is 1. The zero-order valence-electron chi connectivity index (χ0n) is 9.26. The molecule has 18 heavy (non-hydrogen) atoms. The molecule has 1 aromatic carbocycles. The summed E-state index contributed by atoms with van der Waals surface area (Å²) in [5.41, 5.74) is 0.502. The fraction of sp³-hybridized carbons (Fsp3) is 0.455. The normalized spacial score (nSPS) is 19.3. The van der Waals surface area contributed by atoms with E-state index < -0.39 is 6.61 Å². The molecule has 1 aliphatic rings. The van der Waals surface area contributed by atoms with Crippen molar-refractivity contribution in [2.45, 2.75) is 19.1 Å². The molecule has 0 aromatic heterocycles. The predicted molar refractivity (Wildman–Crippen MR) is 75.1 cm³/mol. The van der Waals surface area contributed by atoms with Gasteiger partial charge in [0, 0.05) is 16.8 Å². The summed E-state index contributed by atoms with van der Waals surface area (Å²) in [6.45, 7) is -2.86. The molecule has 0 radical (unpaired) electrons. The molecule has 0 spiro atoms. The average Bonchev–Trinajstić information content (AvgIpc) is 2.75. The summed E-state index contributed by atoms with van der Waals surface area (Å²) >= 11 is 10.9. The average molecular weight is 359 g/mol. The minimum absolute atomic E-state index is 0.103. The van der Waals surface area contributed by atoms with Crippen LogP contribution in [0.4, 0.5) is 14.5 Å². The first kappa shape index (κ1) is 14.2. The van der Waals surface area contributed by atoms with E-state index in [-0.39, 0.29) is 11.8 Å². The molecule has 7 heteroatoms. The van der Waals surface area contributed by atoms with E-state index in [4.69, 9.17) is 11.6 Å². The van der Waals surface area contributed by atoms with Crippen molar-refractivity contribution in [2.24, 2.45) is 0 Å². The quantitative estimate of drug-likeness (QED) is 0.848. The van der Waals surface area contributed by atoms with E-state index >= 15 is 0 Å². The standard InChI is InChI=1S/C11H11BrClF2NOS/c12-8-3-6(13)4-9(10(8)17-11(14)15)16-7-1-2-18-5-7/h3-4,7,11,16H,1-2,5H2. The lowest BCUT2D eigenvalue weighted by Crippen LogP contribution is -2.19. The summed E-state index contributed by atoms with van der Waals surface area (Å²) in [6, 6.07) is 3.40. The molecular weight excluding hydrogens is 348 g/mol. The molecule has 2 nitrogen and oxygen atoms in total. The van der Waals surface area contributed by atoms with Crippen LogP contribution in [0, 0.1) is 0 Å². The molecule has 100 valence electrons. The Kier molecular flexibility index (Phi) is 4.98. The number of benzene rings is 1. The van der Waals surface area contributed by atoms with Crippen LogP contribution < -0.4 is 10.1 Å². The van der Waals surface area contributed by atoms with Gasteiger partial charge in [0.25, 0.3) is 0 Å². The highest BCUT2D eigenvalue weighted by Gasteiger charge is 2.20. The third-order valence-corrected chi connectivity index (χ3v) is 4.47. The Morgan fingerprint density at radius 1 is 1.50 bits per heavy atom. The highest BCUT2D eigenvalue weighted by molar-refractivity contribution is 9.10. The van der Waals surface area contributed by atoms with Crippen molar-refractivity contribution in [1.82, 2.24) is 0 Å². The van der Waals surface area contributed by atoms with Crippen molar-refractivity contribution >= 4 is 45.0 Å². The molecule has 1 heterocycles. The number of hydrogen-bond acceptors (Lipinski definition) is 3. The van der Waals surface area contributed by atoms with E-state index in [9.17, 15) is 8.78 Å². The van der Waals surface area contributed by atoms with Crippen molar-refractivity contribution in [1.29, 1.82) is 0 Å². The van der Waals surface area contributed by atoms with Gasteiger partial charge in [-0.25, -0.2) is 0 Å². The van der Waals surface area contributed by atoms with Crippen molar-refractivity contribution < 1.29 is 13.5 Å². The maximum absolute atomic E-state index is 12.4. The van der Waals surface area contributed by atoms with Gasteiger partial charge in [0.05, 0.1) is 10.2 Å². The van der Waals surface area contributed by atoms with E-state index in [0.717, 1.165) is 17.9 Å². The van der Waals surface area contributed by atoms with Crippen LogP contribution in [0.5, 0.6) is 5.75 Å². The number of halogens is 4. The lowest BCUT2D eigenvalue weighted by molar-refractivity contribution is -0.0498. The number of nitrogens with one attached hydrogen (secondary N) is 1. The number of rotatable bonds is 4. The van der Waals surface area contributed by atoms with Crippen molar-refractivity contribution in [2.75, 3.05) is 16.8 Å². The van der Waals surface area contributed by atoms with Gasteiger partial charge in [-0.3, -0.25) is 0 Å². The van der Waals surface area contributed by atoms with E-state index in [2.05, 4.69) is 26.0 Å². The molecule has 0 saturated carbocycles. The van der Waals surface area contributed by atoms with Gasteiger partial charge < -0.3 is 10.1 Å². The smallest absolute Gasteiger partial charge is 0.387 e. The van der Waals surface area contributed by atoms with E-state index in [1.165, 1.54) is 6.07 Å². The maximum atomic E-state index is 12.4. The highest BCUT2D eigenvalue weighted by atomic mass is 79.9. The van der Waals surface area contributed by atoms with Gasteiger partial charge >= 0.3 is 6.61 Å². The lowest BCUT2D eigenvalue weighted by atomic mass is 10.2. The Bertz CT molecular complexity index is 430. The molecule has 1 aromatic rings. The zero-order valence-corrected chi connectivity index (χ0v) is 12.4. The van der Waals surface area contributed by atoms with Crippen LogP contribution in [0.15, 0.2) is 16.6 Å². The molecule has 0 amide bonds. The first-order valence-corrected chi connectivity index (χ1v) is 7.67. The van der Waals surface area contributed by atoms with E-state index in [0.29, 0.717) is 15.2 Å². The SMILES string of the molecule is FC(F)Oc1c(Br)cc(Cl)cc1NC1CCSC1. The Hall–Kier alpha value is -0.200. The van der Waals surface area contributed by atoms with Crippen LogP contribution >= 0.6 is 39.3 Å². The molecule has 1 unspecified atom stereocenters. The highest BCUT2D eigenvalue weighted by Crippen LogP contribution is 2.38. The molecule has 1 aliphatic heterocycles. The minimum Gasteiger partial charge on any atom is -0.431 e. The van der Waals surface area contributed by atoms with Gasteiger partial charge in [0.1, 0.15) is 0 Å². The van der Waals surface area contributed by atoms with Crippen LogP contribution in [-0.2, 0) is 0 Å². The van der Waals surface area contributed by atoms with Crippen LogP contribution in [0.3, 0.4) is 0 Å². The van der Waals surface area contributed by atoms with E-state index in [1.807, 2.05) is 11.8 Å². The second-order valence-corrected chi connectivity index (χ2v) is 6.29. The lowest BCUT2D eigenvalue weighted by Gasteiger charge is -2.18. The predicted octanol–water partition coefficient (Wildman–Crippen LogP) is 4.62. The molecule has 2 rings (SSSR count). The zero-order chi connectivity index (χ0) is 13.1. The summed E-state index contributed by atoms with van der Waals surface area (Å²) in [4.78, 5) is 0. The Balaban J connectivity index is 2.24. The van der Waals surface area contributed by atoms with Crippen LogP contribution in [0.1, 0.15) is 6.42 Å².